The summed E-state index contributed by atoms with van der Waals surface area (Å²) in [5.74, 6) is -2.41. The molecule has 0 fully saturated rings. The molecule has 0 aliphatic carbocycles. The molecule has 4 nitrogen and oxygen atoms in total. The first-order valence-corrected chi connectivity index (χ1v) is 9.03. The summed E-state index contributed by atoms with van der Waals surface area (Å²) in [5.41, 5.74) is 1.10. The molecule has 0 saturated heterocycles. The minimum absolute atomic E-state index is 0.189. The lowest BCUT2D eigenvalue weighted by molar-refractivity contribution is -0.259. The number of carbonyl (C=O) groups excluding carboxylic acids is 2. The van der Waals surface area contributed by atoms with Gasteiger partial charge in [0.05, 0.1) is 11.9 Å². The van der Waals surface area contributed by atoms with Crippen LogP contribution in [-0.2, 0) is 12.8 Å². The Balaban J connectivity index is 3.29. The van der Waals surface area contributed by atoms with Gasteiger partial charge in [0.1, 0.15) is 0 Å². The highest BCUT2D eigenvalue weighted by Crippen LogP contribution is 2.26. The van der Waals surface area contributed by atoms with Gasteiger partial charge >= 0.3 is 0 Å². The second-order valence-corrected chi connectivity index (χ2v) is 6.42. The molecule has 0 aromatic heterocycles. The van der Waals surface area contributed by atoms with E-state index in [1.165, 1.54) is 6.07 Å². The van der Waals surface area contributed by atoms with E-state index in [-0.39, 0.29) is 11.1 Å². The zero-order chi connectivity index (χ0) is 18.1. The maximum absolute atomic E-state index is 11.6. The van der Waals surface area contributed by atoms with E-state index in [9.17, 15) is 19.8 Å². The van der Waals surface area contributed by atoms with Crippen molar-refractivity contribution in [3.63, 3.8) is 0 Å². The number of hydrogen-bond acceptors (Lipinski definition) is 4. The Kier molecular flexibility index (Phi) is 8.51. The van der Waals surface area contributed by atoms with Crippen molar-refractivity contribution in [1.82, 2.24) is 0 Å². The molecule has 134 valence electrons. The average Bonchev–Trinajstić information content (AvgIpc) is 2.56. The zero-order valence-electron chi connectivity index (χ0n) is 15.0. The smallest absolute Gasteiger partial charge is 0.0724 e. The van der Waals surface area contributed by atoms with Gasteiger partial charge in [-0.3, -0.25) is 0 Å². The molecule has 0 N–H and O–H groups in total. The van der Waals surface area contributed by atoms with E-state index >= 15 is 0 Å². The lowest BCUT2D eigenvalue weighted by Gasteiger charge is -2.23. The predicted octanol–water partition coefficient (Wildman–Crippen LogP) is 2.52. The summed E-state index contributed by atoms with van der Waals surface area (Å²) in [7, 11) is 0. The first-order chi connectivity index (χ1) is 11.5. The van der Waals surface area contributed by atoms with Crippen LogP contribution in [0.1, 0.15) is 91.1 Å². The Bertz CT molecular complexity index is 563. The van der Waals surface area contributed by atoms with E-state index in [1.807, 2.05) is 6.92 Å². The largest absolute Gasteiger partial charge is 0.545 e. The molecule has 4 heteroatoms. The second kappa shape index (κ2) is 10.1. The van der Waals surface area contributed by atoms with Crippen LogP contribution in [0.15, 0.2) is 12.1 Å². The highest BCUT2D eigenvalue weighted by atomic mass is 16.4. The molecule has 0 amide bonds. The van der Waals surface area contributed by atoms with Crippen molar-refractivity contribution < 1.29 is 19.8 Å². The fraction of sp³-hybridized carbons (Fsp3) is 0.600. The van der Waals surface area contributed by atoms with Crippen LogP contribution in [0.25, 0.3) is 0 Å². The molecule has 0 radical (unpaired) electrons. The van der Waals surface area contributed by atoms with Gasteiger partial charge in [-0.15, -0.1) is 0 Å². The van der Waals surface area contributed by atoms with E-state index in [0.29, 0.717) is 17.9 Å². The van der Waals surface area contributed by atoms with E-state index < -0.39 is 11.9 Å². The van der Waals surface area contributed by atoms with Crippen molar-refractivity contribution >= 4 is 11.9 Å². The van der Waals surface area contributed by atoms with Crippen molar-refractivity contribution in [2.45, 2.75) is 72.1 Å². The number of rotatable bonds is 11. The molecule has 1 aromatic carbocycles. The Morgan fingerprint density at radius 2 is 1.67 bits per heavy atom. The van der Waals surface area contributed by atoms with E-state index in [0.717, 1.165) is 50.5 Å². The summed E-state index contributed by atoms with van der Waals surface area (Å²) in [5, 5.41) is 22.9. The summed E-state index contributed by atoms with van der Waals surface area (Å²) >= 11 is 0. The Hall–Kier alpha value is -1.84. The fourth-order valence-corrected chi connectivity index (χ4v) is 3.18. The van der Waals surface area contributed by atoms with Gasteiger partial charge in [-0.05, 0) is 36.3 Å². The summed E-state index contributed by atoms with van der Waals surface area (Å²) < 4.78 is 0. The molecule has 0 aliphatic rings. The molecular weight excluding hydrogens is 304 g/mol. The minimum atomic E-state index is -1.46. The molecule has 0 bridgehead atoms. The minimum Gasteiger partial charge on any atom is -0.545 e. The van der Waals surface area contributed by atoms with Gasteiger partial charge in [0.2, 0.25) is 0 Å². The third-order valence-corrected chi connectivity index (χ3v) is 4.67. The van der Waals surface area contributed by atoms with Crippen LogP contribution in [0, 0.1) is 5.92 Å². The first-order valence-electron chi connectivity index (χ1n) is 9.03. The van der Waals surface area contributed by atoms with E-state index in [2.05, 4.69) is 13.8 Å². The Morgan fingerprint density at radius 1 is 1.00 bits per heavy atom. The highest BCUT2D eigenvalue weighted by molar-refractivity contribution is 6.01. The number of hydrogen-bond donors (Lipinski definition) is 0. The maximum Gasteiger partial charge on any atom is 0.0724 e. The van der Waals surface area contributed by atoms with Gasteiger partial charge in [-0.2, -0.15) is 0 Å². The van der Waals surface area contributed by atoms with Crippen LogP contribution in [0.3, 0.4) is 0 Å². The standard InChI is InChI=1S/C20H30O4/c1-4-7-9-14(6-3)13-15-11-12-17(19(21)22)18(20(23)24)16(15)10-8-5-2/h11-12,14H,4-10,13H2,1-3H3,(H,21,22)(H,23,24)/p-2. The monoisotopic (exact) mass is 332 g/mol. The third-order valence-electron chi connectivity index (χ3n) is 4.67. The highest BCUT2D eigenvalue weighted by Gasteiger charge is 2.17. The summed E-state index contributed by atoms with van der Waals surface area (Å²) in [6, 6.07) is 3.12. The van der Waals surface area contributed by atoms with Crippen LogP contribution < -0.4 is 10.2 Å². The molecule has 0 spiro atoms. The summed E-state index contributed by atoms with van der Waals surface area (Å²) in [6.45, 7) is 6.32. The normalized spacial score (nSPS) is 12.1. The van der Waals surface area contributed by atoms with Crippen LogP contribution in [0.2, 0.25) is 0 Å². The molecule has 24 heavy (non-hydrogen) atoms. The van der Waals surface area contributed by atoms with Crippen LogP contribution in [0.4, 0.5) is 0 Å². The average molecular weight is 332 g/mol. The van der Waals surface area contributed by atoms with Crippen molar-refractivity contribution in [3.8, 4) is 0 Å². The van der Waals surface area contributed by atoms with Gasteiger partial charge in [-0.1, -0.05) is 65.0 Å². The van der Waals surface area contributed by atoms with Gasteiger partial charge in [0.25, 0.3) is 0 Å². The second-order valence-electron chi connectivity index (χ2n) is 6.42. The summed E-state index contributed by atoms with van der Waals surface area (Å²) in [4.78, 5) is 22.9. The lowest BCUT2D eigenvalue weighted by Crippen LogP contribution is -2.32. The van der Waals surface area contributed by atoms with Gasteiger partial charge in [-0.25, -0.2) is 0 Å². The molecule has 1 aromatic rings. The lowest BCUT2D eigenvalue weighted by atomic mass is 9.85. The van der Waals surface area contributed by atoms with Gasteiger partial charge in [0.15, 0.2) is 0 Å². The van der Waals surface area contributed by atoms with Crippen molar-refractivity contribution in [3.05, 3.63) is 34.4 Å². The molecule has 1 unspecified atom stereocenters. The molecular formula is C20H28O4-2. The first kappa shape index (κ1) is 20.2. The van der Waals surface area contributed by atoms with Gasteiger partial charge in [0, 0.05) is 11.1 Å². The van der Waals surface area contributed by atoms with Crippen molar-refractivity contribution in [1.29, 1.82) is 0 Å². The SMILES string of the molecule is CCCCc1c(CC(CC)CCCC)ccc(C(=O)[O-])c1C(=O)[O-]. The van der Waals surface area contributed by atoms with Crippen LogP contribution >= 0.6 is 0 Å². The molecule has 0 saturated carbocycles. The quantitative estimate of drug-likeness (QED) is 0.623. The van der Waals surface area contributed by atoms with E-state index in [4.69, 9.17) is 0 Å². The number of carbonyl (C=O) groups is 2. The fourth-order valence-electron chi connectivity index (χ4n) is 3.18. The molecule has 0 aliphatic heterocycles. The maximum atomic E-state index is 11.6. The van der Waals surface area contributed by atoms with Crippen LogP contribution in [0.5, 0.6) is 0 Å². The van der Waals surface area contributed by atoms with E-state index in [1.54, 1.807) is 6.07 Å². The van der Waals surface area contributed by atoms with Gasteiger partial charge < -0.3 is 19.8 Å². The number of aromatic carboxylic acids is 2. The molecule has 1 rings (SSSR count). The van der Waals surface area contributed by atoms with Crippen LogP contribution in [-0.4, -0.2) is 11.9 Å². The number of carboxylic acid groups (broad SMARTS) is 2. The summed E-state index contributed by atoms with van der Waals surface area (Å²) in [6.07, 6.45) is 7.47. The zero-order valence-corrected chi connectivity index (χ0v) is 15.0. The topological polar surface area (TPSA) is 80.3 Å². The van der Waals surface area contributed by atoms with Crippen molar-refractivity contribution in [2.24, 2.45) is 5.92 Å². The number of benzene rings is 1. The molecule has 0 heterocycles. The predicted molar refractivity (Wildman–Crippen MR) is 90.7 cm³/mol. The number of unbranched alkanes of at least 4 members (excludes halogenated alkanes) is 2. The number of carboxylic acids is 2. The Morgan fingerprint density at radius 3 is 2.17 bits per heavy atom. The Labute approximate surface area is 144 Å². The molecule has 1 atom stereocenters. The van der Waals surface area contributed by atoms with Crippen molar-refractivity contribution in [2.75, 3.05) is 0 Å². The third kappa shape index (κ3) is 5.36.